The summed E-state index contributed by atoms with van der Waals surface area (Å²) in [6.45, 7) is 1.64. The fourth-order valence-corrected chi connectivity index (χ4v) is 3.29. The number of imide groups is 1. The molecule has 1 aliphatic rings. The Labute approximate surface area is 148 Å². The van der Waals surface area contributed by atoms with Crippen molar-refractivity contribution in [3.8, 4) is 0 Å². The maximum Gasteiger partial charge on any atom is 0.325 e. The van der Waals surface area contributed by atoms with Gasteiger partial charge in [-0.2, -0.15) is 0 Å². The molecule has 0 radical (unpaired) electrons. The van der Waals surface area contributed by atoms with Gasteiger partial charge in [-0.1, -0.05) is 41.4 Å². The van der Waals surface area contributed by atoms with Gasteiger partial charge in [0.25, 0.3) is 5.91 Å². The van der Waals surface area contributed by atoms with Crippen molar-refractivity contribution < 1.29 is 14.0 Å². The normalized spacial score (nSPS) is 20.4. The fourth-order valence-electron chi connectivity index (χ4n) is 2.69. The summed E-state index contributed by atoms with van der Waals surface area (Å²) in [6.07, 6.45) is 0. The summed E-state index contributed by atoms with van der Waals surface area (Å²) in [7, 11) is 0. The van der Waals surface area contributed by atoms with E-state index in [-0.39, 0.29) is 12.4 Å². The van der Waals surface area contributed by atoms with Gasteiger partial charge in [-0.3, -0.25) is 9.69 Å². The first-order valence-electron chi connectivity index (χ1n) is 7.15. The summed E-state index contributed by atoms with van der Waals surface area (Å²) in [6, 6.07) is 9.83. The van der Waals surface area contributed by atoms with E-state index in [9.17, 15) is 14.0 Å². The van der Waals surface area contributed by atoms with E-state index in [2.05, 4.69) is 5.32 Å². The summed E-state index contributed by atoms with van der Waals surface area (Å²) >= 11 is 12.1. The highest BCUT2D eigenvalue weighted by atomic mass is 35.5. The summed E-state index contributed by atoms with van der Waals surface area (Å²) < 4.78 is 13.0. The Bertz CT molecular complexity index is 826. The number of amides is 3. The molecule has 7 heteroatoms. The second kappa shape index (κ2) is 6.07. The predicted molar refractivity (Wildman–Crippen MR) is 89.3 cm³/mol. The maximum absolute atomic E-state index is 13.0. The average Bonchev–Trinajstić information content (AvgIpc) is 2.73. The molecule has 4 nitrogen and oxygen atoms in total. The third kappa shape index (κ3) is 2.85. The Balaban J connectivity index is 1.91. The van der Waals surface area contributed by atoms with Gasteiger partial charge in [-0.15, -0.1) is 0 Å². The molecule has 124 valence electrons. The molecule has 0 unspecified atom stereocenters. The van der Waals surface area contributed by atoms with Gasteiger partial charge in [0, 0.05) is 15.6 Å². The minimum Gasteiger partial charge on any atom is -0.319 e. The molecule has 1 N–H and O–H groups in total. The minimum atomic E-state index is -1.28. The van der Waals surface area contributed by atoms with Crippen molar-refractivity contribution in [2.24, 2.45) is 0 Å². The molecule has 0 aromatic heterocycles. The maximum atomic E-state index is 13.0. The molecule has 1 atom stereocenters. The first-order valence-corrected chi connectivity index (χ1v) is 7.91. The van der Waals surface area contributed by atoms with Gasteiger partial charge >= 0.3 is 6.03 Å². The minimum absolute atomic E-state index is 0.0474. The molecular weight excluding hydrogens is 354 g/mol. The van der Waals surface area contributed by atoms with E-state index >= 15 is 0 Å². The zero-order valence-corrected chi connectivity index (χ0v) is 14.2. The number of urea groups is 1. The van der Waals surface area contributed by atoms with Crippen molar-refractivity contribution in [3.05, 3.63) is 69.5 Å². The van der Waals surface area contributed by atoms with Crippen molar-refractivity contribution in [2.45, 2.75) is 19.0 Å². The molecule has 0 bridgehead atoms. The second-order valence-electron chi connectivity index (χ2n) is 5.70. The lowest BCUT2D eigenvalue weighted by molar-refractivity contribution is -0.131. The summed E-state index contributed by atoms with van der Waals surface area (Å²) in [5.41, 5.74) is -0.168. The number of hydrogen-bond donors (Lipinski definition) is 1. The zero-order chi connectivity index (χ0) is 17.5. The first kappa shape index (κ1) is 16.7. The molecule has 24 heavy (non-hydrogen) atoms. The van der Waals surface area contributed by atoms with Crippen LogP contribution in [0.25, 0.3) is 0 Å². The van der Waals surface area contributed by atoms with Gasteiger partial charge in [0.15, 0.2) is 0 Å². The molecule has 2 aromatic carbocycles. The zero-order valence-electron chi connectivity index (χ0n) is 12.6. The van der Waals surface area contributed by atoms with Crippen LogP contribution in [0.3, 0.4) is 0 Å². The highest BCUT2D eigenvalue weighted by Crippen LogP contribution is 2.35. The van der Waals surface area contributed by atoms with Gasteiger partial charge in [-0.25, -0.2) is 9.18 Å². The number of rotatable bonds is 3. The number of benzene rings is 2. The van der Waals surface area contributed by atoms with Crippen LogP contribution in [0, 0.1) is 5.82 Å². The number of carbonyl (C=O) groups excluding carboxylic acids is 2. The van der Waals surface area contributed by atoms with Crippen LogP contribution in [0.15, 0.2) is 42.5 Å². The smallest absolute Gasteiger partial charge is 0.319 e. The topological polar surface area (TPSA) is 49.4 Å². The van der Waals surface area contributed by atoms with Crippen LogP contribution in [-0.4, -0.2) is 16.8 Å². The van der Waals surface area contributed by atoms with Crippen molar-refractivity contribution in [1.29, 1.82) is 0 Å². The van der Waals surface area contributed by atoms with Crippen molar-refractivity contribution in [1.82, 2.24) is 10.2 Å². The Kier molecular flexibility index (Phi) is 4.24. The molecule has 0 spiro atoms. The number of halogens is 3. The molecule has 1 heterocycles. The summed E-state index contributed by atoms with van der Waals surface area (Å²) in [4.78, 5) is 26.2. The number of hydrogen-bond acceptors (Lipinski definition) is 2. The van der Waals surface area contributed by atoms with E-state index < -0.39 is 17.5 Å². The Morgan fingerprint density at radius 3 is 2.42 bits per heavy atom. The predicted octanol–water partition coefficient (Wildman–Crippen LogP) is 4.10. The molecule has 1 fully saturated rings. The standard InChI is InChI=1S/C17H13Cl2FN2O2/c1-17(13-7-4-11(18)8-14(13)19)15(23)22(16(24)21-17)9-10-2-5-12(20)6-3-10/h2-8H,9H2,1H3,(H,21,24)/t17-/m1/s1. The third-order valence-electron chi connectivity index (χ3n) is 4.00. The Morgan fingerprint density at radius 2 is 1.79 bits per heavy atom. The van der Waals surface area contributed by atoms with E-state index in [0.29, 0.717) is 21.2 Å². The van der Waals surface area contributed by atoms with Crippen LogP contribution in [0.5, 0.6) is 0 Å². The van der Waals surface area contributed by atoms with E-state index in [0.717, 1.165) is 4.90 Å². The second-order valence-corrected chi connectivity index (χ2v) is 6.54. The molecular formula is C17H13Cl2FN2O2. The van der Waals surface area contributed by atoms with Gasteiger partial charge in [-0.05, 0) is 36.8 Å². The molecule has 0 aliphatic carbocycles. The SMILES string of the molecule is C[C@]1(c2ccc(Cl)cc2Cl)NC(=O)N(Cc2ccc(F)cc2)C1=O. The summed E-state index contributed by atoms with van der Waals surface area (Å²) in [5.74, 6) is -0.810. The lowest BCUT2D eigenvalue weighted by Crippen LogP contribution is -2.41. The van der Waals surface area contributed by atoms with Crippen LogP contribution in [-0.2, 0) is 16.9 Å². The quantitative estimate of drug-likeness (QED) is 0.831. The number of nitrogens with zero attached hydrogens (tertiary/aromatic N) is 1. The number of carbonyl (C=O) groups is 2. The third-order valence-corrected chi connectivity index (χ3v) is 4.55. The van der Waals surface area contributed by atoms with Crippen LogP contribution >= 0.6 is 23.2 Å². The van der Waals surface area contributed by atoms with Crippen LogP contribution in [0.4, 0.5) is 9.18 Å². The van der Waals surface area contributed by atoms with Crippen LogP contribution < -0.4 is 5.32 Å². The average molecular weight is 367 g/mol. The molecule has 1 saturated heterocycles. The van der Waals surface area contributed by atoms with E-state index in [1.165, 1.54) is 30.3 Å². The van der Waals surface area contributed by atoms with E-state index in [1.807, 2.05) is 0 Å². The number of nitrogens with one attached hydrogen (secondary N) is 1. The Hall–Kier alpha value is -2.11. The van der Waals surface area contributed by atoms with E-state index in [1.54, 1.807) is 19.1 Å². The molecule has 3 amide bonds. The van der Waals surface area contributed by atoms with Crippen LogP contribution in [0.1, 0.15) is 18.1 Å². The highest BCUT2D eigenvalue weighted by Gasteiger charge is 2.49. The lowest BCUT2D eigenvalue weighted by Gasteiger charge is -2.23. The van der Waals surface area contributed by atoms with E-state index in [4.69, 9.17) is 23.2 Å². The first-order chi connectivity index (χ1) is 11.3. The molecule has 1 aliphatic heterocycles. The van der Waals surface area contributed by atoms with Crippen molar-refractivity contribution in [2.75, 3.05) is 0 Å². The van der Waals surface area contributed by atoms with Crippen molar-refractivity contribution in [3.63, 3.8) is 0 Å². The van der Waals surface area contributed by atoms with Gasteiger partial charge < -0.3 is 5.32 Å². The van der Waals surface area contributed by atoms with Crippen LogP contribution in [0.2, 0.25) is 10.0 Å². The summed E-state index contributed by atoms with van der Waals surface area (Å²) in [5, 5.41) is 3.41. The monoisotopic (exact) mass is 366 g/mol. The van der Waals surface area contributed by atoms with Gasteiger partial charge in [0.05, 0.1) is 6.54 Å². The van der Waals surface area contributed by atoms with Gasteiger partial charge in [0.1, 0.15) is 11.4 Å². The largest absolute Gasteiger partial charge is 0.325 e. The lowest BCUT2D eigenvalue weighted by atomic mass is 9.92. The highest BCUT2D eigenvalue weighted by molar-refractivity contribution is 6.35. The fraction of sp³-hybridized carbons (Fsp3) is 0.176. The van der Waals surface area contributed by atoms with Crippen molar-refractivity contribution >= 4 is 35.1 Å². The molecule has 3 rings (SSSR count). The Morgan fingerprint density at radius 1 is 1.12 bits per heavy atom. The van der Waals surface area contributed by atoms with Gasteiger partial charge in [0.2, 0.25) is 0 Å². The molecule has 2 aromatic rings. The molecule has 0 saturated carbocycles.